The largest absolute Gasteiger partial charge is 0.422 e. The number of carbonyl (C=O) groups excluding carboxylic acids is 1. The van der Waals surface area contributed by atoms with Gasteiger partial charge in [-0.15, -0.1) is 0 Å². The molecule has 0 unspecified atom stereocenters. The van der Waals surface area contributed by atoms with Gasteiger partial charge >= 0.3 is 5.97 Å². The first-order chi connectivity index (χ1) is 7.52. The zero-order valence-corrected chi connectivity index (χ0v) is 9.76. The van der Waals surface area contributed by atoms with Gasteiger partial charge in [-0.1, -0.05) is 24.8 Å². The Morgan fingerprint density at radius 2 is 2.00 bits per heavy atom. The third-order valence-electron chi connectivity index (χ3n) is 2.91. The molecule has 0 aromatic carbocycles. The van der Waals surface area contributed by atoms with Crippen LogP contribution in [0.25, 0.3) is 0 Å². The van der Waals surface area contributed by atoms with Crippen LogP contribution in [0.5, 0.6) is 0 Å². The van der Waals surface area contributed by atoms with Crippen molar-refractivity contribution in [3.63, 3.8) is 0 Å². The van der Waals surface area contributed by atoms with Crippen LogP contribution in [0.3, 0.4) is 0 Å². The smallest absolute Gasteiger partial charge is 0.338 e. The lowest BCUT2D eigenvalue weighted by atomic mass is 10.1. The Labute approximate surface area is 95.3 Å². The Bertz CT molecular complexity index is 511. The van der Waals surface area contributed by atoms with Crippen LogP contribution in [0.4, 0.5) is 0 Å². The monoisotopic (exact) mass is 214 g/mol. The number of rotatable bonds is 2. The van der Waals surface area contributed by atoms with Gasteiger partial charge in [0.1, 0.15) is 5.76 Å². The summed E-state index contributed by atoms with van der Waals surface area (Å²) in [6.07, 6.45) is 5.97. The van der Waals surface area contributed by atoms with Gasteiger partial charge < -0.3 is 4.74 Å². The fourth-order valence-corrected chi connectivity index (χ4v) is 1.83. The Morgan fingerprint density at radius 1 is 1.31 bits per heavy atom. The maximum absolute atomic E-state index is 11.5. The number of carbonyl (C=O) groups is 1. The first-order valence-electron chi connectivity index (χ1n) is 5.21. The van der Waals surface area contributed by atoms with Gasteiger partial charge in [0, 0.05) is 11.1 Å². The molecule has 0 heterocycles. The molecule has 16 heavy (non-hydrogen) atoms. The van der Waals surface area contributed by atoms with E-state index >= 15 is 0 Å². The van der Waals surface area contributed by atoms with Crippen molar-refractivity contribution in [2.24, 2.45) is 0 Å². The van der Waals surface area contributed by atoms with Crippen LogP contribution in [-0.2, 0) is 9.53 Å². The van der Waals surface area contributed by atoms with E-state index in [1.54, 1.807) is 6.92 Å². The third kappa shape index (κ3) is 1.47. The molecule has 2 aliphatic rings. The first-order valence-corrected chi connectivity index (χ1v) is 5.21. The summed E-state index contributed by atoms with van der Waals surface area (Å²) in [5.41, 5.74) is 4.77. The van der Waals surface area contributed by atoms with Gasteiger partial charge in [0.25, 0.3) is 0 Å². The van der Waals surface area contributed by atoms with Gasteiger partial charge in [0.2, 0.25) is 0 Å². The van der Waals surface area contributed by atoms with Crippen molar-refractivity contribution < 1.29 is 9.53 Å². The van der Waals surface area contributed by atoms with Gasteiger partial charge in [0.05, 0.1) is 0 Å². The van der Waals surface area contributed by atoms with Crippen LogP contribution >= 0.6 is 0 Å². The summed E-state index contributed by atoms with van der Waals surface area (Å²) < 4.78 is 5.36. The number of hydrogen-bond donors (Lipinski definition) is 0. The van der Waals surface area contributed by atoms with Crippen molar-refractivity contribution >= 4 is 5.97 Å². The van der Waals surface area contributed by atoms with Gasteiger partial charge in [-0.2, -0.15) is 0 Å². The molecule has 0 amide bonds. The zero-order chi connectivity index (χ0) is 11.9. The molecule has 0 fully saturated rings. The second-order valence-electron chi connectivity index (χ2n) is 4.10. The Balaban J connectivity index is 2.32. The van der Waals surface area contributed by atoms with E-state index in [-0.39, 0.29) is 5.97 Å². The van der Waals surface area contributed by atoms with E-state index in [0.717, 1.165) is 16.7 Å². The molecule has 0 saturated carbocycles. The molecular weight excluding hydrogens is 200 g/mol. The van der Waals surface area contributed by atoms with E-state index in [2.05, 4.69) is 6.58 Å². The topological polar surface area (TPSA) is 26.3 Å². The molecule has 0 aromatic rings. The Morgan fingerprint density at radius 3 is 2.62 bits per heavy atom. The molecule has 0 saturated heterocycles. The Hall–Kier alpha value is -1.83. The van der Waals surface area contributed by atoms with Gasteiger partial charge in [-0.25, -0.2) is 4.79 Å². The normalized spacial score (nSPS) is 17.8. The highest BCUT2D eigenvalue weighted by Crippen LogP contribution is 2.40. The van der Waals surface area contributed by atoms with Crippen molar-refractivity contribution in [1.29, 1.82) is 0 Å². The highest BCUT2D eigenvalue weighted by molar-refractivity contribution is 5.89. The van der Waals surface area contributed by atoms with Crippen molar-refractivity contribution in [2.75, 3.05) is 0 Å². The lowest BCUT2D eigenvalue weighted by Gasteiger charge is -2.08. The average molecular weight is 214 g/mol. The highest BCUT2D eigenvalue weighted by atomic mass is 16.5. The third-order valence-corrected chi connectivity index (χ3v) is 2.91. The molecule has 82 valence electrons. The fourth-order valence-electron chi connectivity index (χ4n) is 1.83. The summed E-state index contributed by atoms with van der Waals surface area (Å²) in [6.45, 7) is 9.24. The summed E-state index contributed by atoms with van der Waals surface area (Å²) >= 11 is 0. The van der Waals surface area contributed by atoms with E-state index in [4.69, 9.17) is 4.74 Å². The summed E-state index contributed by atoms with van der Waals surface area (Å²) in [6, 6.07) is 0. The summed E-state index contributed by atoms with van der Waals surface area (Å²) in [4.78, 5) is 11.5. The second-order valence-corrected chi connectivity index (χ2v) is 4.10. The van der Waals surface area contributed by atoms with Crippen molar-refractivity contribution in [3.05, 3.63) is 58.4 Å². The minimum Gasteiger partial charge on any atom is -0.422 e. The number of hydrogen-bond acceptors (Lipinski definition) is 2. The van der Waals surface area contributed by atoms with Crippen LogP contribution in [-0.4, -0.2) is 5.97 Å². The predicted molar refractivity (Wildman–Crippen MR) is 63.5 cm³/mol. The van der Waals surface area contributed by atoms with Crippen LogP contribution in [0, 0.1) is 0 Å². The van der Waals surface area contributed by atoms with Crippen LogP contribution in [0.15, 0.2) is 58.4 Å². The number of fused-ring (bicyclic) bond motifs is 1. The number of esters is 1. The average Bonchev–Trinajstić information content (AvgIpc) is 2.78. The molecule has 2 rings (SSSR count). The molecule has 2 heteroatoms. The van der Waals surface area contributed by atoms with Crippen LogP contribution < -0.4 is 0 Å². The van der Waals surface area contributed by atoms with Crippen LogP contribution in [0.2, 0.25) is 0 Å². The summed E-state index contributed by atoms with van der Waals surface area (Å²) in [5, 5.41) is 0. The molecular formula is C14H14O2. The molecule has 0 N–H and O–H groups in total. The van der Waals surface area contributed by atoms with Gasteiger partial charge in [-0.3, -0.25) is 0 Å². The maximum Gasteiger partial charge on any atom is 0.338 e. The predicted octanol–water partition coefficient (Wildman–Crippen LogP) is 3.21. The maximum atomic E-state index is 11.5. The molecule has 0 spiro atoms. The van der Waals surface area contributed by atoms with E-state index in [1.807, 2.05) is 32.1 Å². The lowest BCUT2D eigenvalue weighted by molar-refractivity contribution is -0.134. The lowest BCUT2D eigenvalue weighted by Crippen LogP contribution is -2.06. The summed E-state index contributed by atoms with van der Waals surface area (Å²) in [7, 11) is 0. The number of allylic oxidation sites excluding steroid dienone is 6. The molecule has 0 aliphatic heterocycles. The van der Waals surface area contributed by atoms with E-state index in [1.165, 1.54) is 5.57 Å². The van der Waals surface area contributed by atoms with Gasteiger partial charge in [-0.05, 0) is 37.5 Å². The number of ether oxygens (including phenoxy) is 1. The minimum absolute atomic E-state index is 0.365. The van der Waals surface area contributed by atoms with Gasteiger partial charge in [0.15, 0.2) is 0 Å². The van der Waals surface area contributed by atoms with Crippen LogP contribution in [0.1, 0.15) is 20.8 Å². The minimum atomic E-state index is -0.365. The zero-order valence-electron chi connectivity index (χ0n) is 9.76. The Kier molecular flexibility index (Phi) is 2.43. The highest BCUT2D eigenvalue weighted by Gasteiger charge is 2.27. The van der Waals surface area contributed by atoms with Crippen molar-refractivity contribution in [3.8, 4) is 0 Å². The fraction of sp³-hybridized carbons (Fsp3) is 0.214. The second kappa shape index (κ2) is 3.63. The molecule has 2 nitrogen and oxygen atoms in total. The molecule has 0 bridgehead atoms. The molecule has 0 radical (unpaired) electrons. The molecule has 0 atom stereocenters. The molecule has 0 aromatic heterocycles. The SMILES string of the molecule is C=C(C)C(=O)OC1=C(C)C(C)=C2C=CC=C21. The van der Waals surface area contributed by atoms with E-state index in [9.17, 15) is 4.79 Å². The van der Waals surface area contributed by atoms with Crippen molar-refractivity contribution in [2.45, 2.75) is 20.8 Å². The molecule has 2 aliphatic carbocycles. The van der Waals surface area contributed by atoms with E-state index in [0.29, 0.717) is 11.3 Å². The summed E-state index contributed by atoms with van der Waals surface area (Å²) in [5.74, 6) is 0.307. The van der Waals surface area contributed by atoms with Crippen molar-refractivity contribution in [1.82, 2.24) is 0 Å². The standard InChI is InChI=1S/C14H14O2/c1-8(2)14(15)16-13-10(4)9(3)11-6-5-7-12(11)13/h5-7H,1H2,2-4H3. The first kappa shape index (κ1) is 10.7. The quantitative estimate of drug-likeness (QED) is 0.521. The van der Waals surface area contributed by atoms with E-state index < -0.39 is 0 Å².